The first-order valence-electron chi connectivity index (χ1n) is 5.46. The van der Waals surface area contributed by atoms with E-state index in [1.54, 1.807) is 7.11 Å². The maximum Gasteiger partial charge on any atom is 0.0613 e. The van der Waals surface area contributed by atoms with Crippen LogP contribution in [0.15, 0.2) is 0 Å². The first-order chi connectivity index (χ1) is 6.24. The molecule has 0 radical (unpaired) electrons. The van der Waals surface area contributed by atoms with Gasteiger partial charge in [-0.2, -0.15) is 0 Å². The molecule has 1 aliphatic carbocycles. The molecule has 1 N–H and O–H groups in total. The fourth-order valence-corrected chi connectivity index (χ4v) is 2.19. The van der Waals surface area contributed by atoms with Crippen LogP contribution in [0.1, 0.15) is 33.1 Å². The monoisotopic (exact) mass is 185 g/mol. The topological polar surface area (TPSA) is 21.3 Å². The van der Waals surface area contributed by atoms with Crippen molar-refractivity contribution in [2.75, 3.05) is 20.3 Å². The Kier molecular flexibility index (Phi) is 4.74. The summed E-state index contributed by atoms with van der Waals surface area (Å²) in [4.78, 5) is 0. The number of rotatable bonds is 5. The van der Waals surface area contributed by atoms with Crippen molar-refractivity contribution in [3.63, 3.8) is 0 Å². The Morgan fingerprint density at radius 2 is 2.23 bits per heavy atom. The molecule has 1 aliphatic rings. The standard InChI is InChI=1S/C11H23NO/c1-9-5-4-6-11(9)7-12-10(2)8-13-3/h9-12H,4-8H2,1-3H3. The van der Waals surface area contributed by atoms with E-state index >= 15 is 0 Å². The molecule has 2 nitrogen and oxygen atoms in total. The molecular weight excluding hydrogens is 162 g/mol. The van der Waals surface area contributed by atoms with Gasteiger partial charge in [-0.25, -0.2) is 0 Å². The molecule has 1 rings (SSSR count). The van der Waals surface area contributed by atoms with E-state index in [1.165, 1.54) is 25.8 Å². The summed E-state index contributed by atoms with van der Waals surface area (Å²) in [7, 11) is 1.76. The summed E-state index contributed by atoms with van der Waals surface area (Å²) < 4.78 is 5.08. The molecule has 3 unspecified atom stereocenters. The molecule has 78 valence electrons. The van der Waals surface area contributed by atoms with Crippen LogP contribution in [0.3, 0.4) is 0 Å². The van der Waals surface area contributed by atoms with E-state index in [9.17, 15) is 0 Å². The zero-order valence-corrected chi connectivity index (χ0v) is 9.18. The van der Waals surface area contributed by atoms with Gasteiger partial charge in [-0.05, 0) is 31.7 Å². The first-order valence-corrected chi connectivity index (χ1v) is 5.46. The molecule has 0 aromatic rings. The van der Waals surface area contributed by atoms with Gasteiger partial charge >= 0.3 is 0 Å². The van der Waals surface area contributed by atoms with Crippen LogP contribution >= 0.6 is 0 Å². The third-order valence-corrected chi connectivity index (χ3v) is 3.18. The third-order valence-electron chi connectivity index (χ3n) is 3.18. The van der Waals surface area contributed by atoms with E-state index in [1.807, 2.05) is 0 Å². The molecule has 3 atom stereocenters. The molecule has 0 aliphatic heterocycles. The lowest BCUT2D eigenvalue weighted by Gasteiger charge is -2.19. The maximum absolute atomic E-state index is 5.08. The molecule has 13 heavy (non-hydrogen) atoms. The summed E-state index contributed by atoms with van der Waals surface area (Å²) in [6.45, 7) is 6.55. The van der Waals surface area contributed by atoms with Crippen LogP contribution < -0.4 is 5.32 Å². The zero-order chi connectivity index (χ0) is 9.68. The minimum absolute atomic E-state index is 0.498. The number of nitrogens with one attached hydrogen (secondary N) is 1. The van der Waals surface area contributed by atoms with Crippen LogP contribution in [0.4, 0.5) is 0 Å². The Morgan fingerprint density at radius 3 is 2.77 bits per heavy atom. The van der Waals surface area contributed by atoms with Gasteiger partial charge in [0.2, 0.25) is 0 Å². The lowest BCUT2D eigenvalue weighted by molar-refractivity contribution is 0.168. The molecule has 0 saturated heterocycles. The van der Waals surface area contributed by atoms with Crippen molar-refractivity contribution in [3.05, 3.63) is 0 Å². The van der Waals surface area contributed by atoms with E-state index in [-0.39, 0.29) is 0 Å². The van der Waals surface area contributed by atoms with Gasteiger partial charge in [-0.1, -0.05) is 19.8 Å². The third kappa shape index (κ3) is 3.65. The summed E-state index contributed by atoms with van der Waals surface area (Å²) in [5.41, 5.74) is 0. The highest BCUT2D eigenvalue weighted by Gasteiger charge is 2.22. The minimum Gasteiger partial charge on any atom is -0.383 e. The SMILES string of the molecule is COCC(C)NCC1CCCC1C. The summed E-state index contributed by atoms with van der Waals surface area (Å²) in [6, 6.07) is 0.498. The molecule has 0 aromatic heterocycles. The van der Waals surface area contributed by atoms with Gasteiger partial charge in [-0.3, -0.25) is 0 Å². The van der Waals surface area contributed by atoms with E-state index < -0.39 is 0 Å². The van der Waals surface area contributed by atoms with Gasteiger partial charge in [0.25, 0.3) is 0 Å². The number of hydrogen-bond donors (Lipinski definition) is 1. The van der Waals surface area contributed by atoms with Crippen molar-refractivity contribution in [2.45, 2.75) is 39.2 Å². The van der Waals surface area contributed by atoms with Crippen molar-refractivity contribution >= 4 is 0 Å². The first kappa shape index (κ1) is 11.0. The predicted molar refractivity (Wildman–Crippen MR) is 55.8 cm³/mol. The highest BCUT2D eigenvalue weighted by atomic mass is 16.5. The average Bonchev–Trinajstić information content (AvgIpc) is 2.48. The van der Waals surface area contributed by atoms with Crippen molar-refractivity contribution in [1.82, 2.24) is 5.32 Å². The second-order valence-corrected chi connectivity index (χ2v) is 4.43. The van der Waals surface area contributed by atoms with Gasteiger partial charge in [0.05, 0.1) is 6.61 Å². The molecule has 1 fully saturated rings. The lowest BCUT2D eigenvalue weighted by atomic mass is 9.98. The Labute approximate surface area is 82.0 Å². The summed E-state index contributed by atoms with van der Waals surface area (Å²) in [5.74, 6) is 1.82. The summed E-state index contributed by atoms with van der Waals surface area (Å²) >= 11 is 0. The van der Waals surface area contributed by atoms with Crippen molar-refractivity contribution in [2.24, 2.45) is 11.8 Å². The van der Waals surface area contributed by atoms with Gasteiger partial charge in [-0.15, -0.1) is 0 Å². The molecule has 0 bridgehead atoms. The van der Waals surface area contributed by atoms with Crippen LogP contribution in [-0.4, -0.2) is 26.3 Å². The van der Waals surface area contributed by atoms with Crippen LogP contribution in [0.25, 0.3) is 0 Å². The fraction of sp³-hybridized carbons (Fsp3) is 1.00. The van der Waals surface area contributed by atoms with E-state index in [4.69, 9.17) is 4.74 Å². The van der Waals surface area contributed by atoms with E-state index in [2.05, 4.69) is 19.2 Å². The number of methoxy groups -OCH3 is 1. The highest BCUT2D eigenvalue weighted by molar-refractivity contribution is 4.77. The molecule has 0 heterocycles. The van der Waals surface area contributed by atoms with Crippen LogP contribution in [0, 0.1) is 11.8 Å². The van der Waals surface area contributed by atoms with Gasteiger partial charge in [0, 0.05) is 13.2 Å². The maximum atomic E-state index is 5.08. The van der Waals surface area contributed by atoms with Gasteiger partial charge in [0.15, 0.2) is 0 Å². The molecule has 0 spiro atoms. The van der Waals surface area contributed by atoms with Crippen LogP contribution in [0.5, 0.6) is 0 Å². The van der Waals surface area contributed by atoms with E-state index in [0.717, 1.165) is 18.4 Å². The van der Waals surface area contributed by atoms with Crippen LogP contribution in [0.2, 0.25) is 0 Å². The normalized spacial score (nSPS) is 30.7. The number of hydrogen-bond acceptors (Lipinski definition) is 2. The number of ether oxygens (including phenoxy) is 1. The Morgan fingerprint density at radius 1 is 1.46 bits per heavy atom. The molecule has 1 saturated carbocycles. The van der Waals surface area contributed by atoms with Crippen molar-refractivity contribution < 1.29 is 4.74 Å². The van der Waals surface area contributed by atoms with Crippen molar-refractivity contribution in [1.29, 1.82) is 0 Å². The fourth-order valence-electron chi connectivity index (χ4n) is 2.19. The minimum atomic E-state index is 0.498. The Balaban J connectivity index is 2.10. The second-order valence-electron chi connectivity index (χ2n) is 4.43. The molecule has 2 heteroatoms. The van der Waals surface area contributed by atoms with Gasteiger partial charge in [0.1, 0.15) is 0 Å². The summed E-state index contributed by atoms with van der Waals surface area (Å²) in [6.07, 6.45) is 4.26. The highest BCUT2D eigenvalue weighted by Crippen LogP contribution is 2.30. The Bertz CT molecular complexity index is 138. The molecular formula is C11H23NO. The predicted octanol–water partition coefficient (Wildman–Crippen LogP) is 2.05. The second kappa shape index (κ2) is 5.61. The average molecular weight is 185 g/mol. The lowest BCUT2D eigenvalue weighted by Crippen LogP contribution is -2.34. The summed E-state index contributed by atoms with van der Waals surface area (Å²) in [5, 5.41) is 3.53. The Hall–Kier alpha value is -0.0800. The quantitative estimate of drug-likeness (QED) is 0.708. The largest absolute Gasteiger partial charge is 0.383 e. The van der Waals surface area contributed by atoms with Gasteiger partial charge < -0.3 is 10.1 Å². The molecule has 0 amide bonds. The van der Waals surface area contributed by atoms with E-state index in [0.29, 0.717) is 6.04 Å². The zero-order valence-electron chi connectivity index (χ0n) is 9.18. The molecule has 0 aromatic carbocycles. The van der Waals surface area contributed by atoms with Crippen LogP contribution in [-0.2, 0) is 4.74 Å². The van der Waals surface area contributed by atoms with Crippen molar-refractivity contribution in [3.8, 4) is 0 Å². The smallest absolute Gasteiger partial charge is 0.0613 e.